The Morgan fingerprint density at radius 1 is 1.35 bits per heavy atom. The number of carboxylic acids is 1. The van der Waals surface area contributed by atoms with Gasteiger partial charge in [-0.2, -0.15) is 0 Å². The zero-order valence-electron chi connectivity index (χ0n) is 12.0. The van der Waals surface area contributed by atoms with E-state index in [1.807, 2.05) is 38.1 Å². The number of aliphatic carboxylic acids is 1. The Kier molecular flexibility index (Phi) is 4.18. The standard InChI is InChI=1S/C15H22N2O3/c1-11(2)20-13-6-4-3-5-12(13)17-9-7-15(16,8-10-17)14(18)19/h3-6,11H,7-10,16H2,1-2H3,(H,18,19). The molecule has 0 saturated carbocycles. The number of hydrogen-bond donors (Lipinski definition) is 2. The fourth-order valence-corrected chi connectivity index (χ4v) is 2.43. The molecule has 1 heterocycles. The number of hydrogen-bond acceptors (Lipinski definition) is 4. The van der Waals surface area contributed by atoms with Gasteiger partial charge >= 0.3 is 5.97 Å². The van der Waals surface area contributed by atoms with Crippen molar-refractivity contribution >= 4 is 11.7 Å². The highest BCUT2D eigenvalue weighted by molar-refractivity contribution is 5.79. The lowest BCUT2D eigenvalue weighted by atomic mass is 9.88. The van der Waals surface area contributed by atoms with Gasteiger partial charge in [0, 0.05) is 13.1 Å². The van der Waals surface area contributed by atoms with Crippen LogP contribution in [0.25, 0.3) is 0 Å². The van der Waals surface area contributed by atoms with Gasteiger partial charge in [-0.15, -0.1) is 0 Å². The maximum absolute atomic E-state index is 11.2. The van der Waals surface area contributed by atoms with Gasteiger partial charge in [0.15, 0.2) is 0 Å². The first-order valence-corrected chi connectivity index (χ1v) is 6.95. The summed E-state index contributed by atoms with van der Waals surface area (Å²) in [5, 5.41) is 9.16. The van der Waals surface area contributed by atoms with Crippen LogP contribution in [0.1, 0.15) is 26.7 Å². The molecule has 0 amide bonds. The lowest BCUT2D eigenvalue weighted by molar-refractivity contribution is -0.144. The molecule has 1 saturated heterocycles. The van der Waals surface area contributed by atoms with Crippen LogP contribution >= 0.6 is 0 Å². The summed E-state index contributed by atoms with van der Waals surface area (Å²) in [5.41, 5.74) is 5.82. The summed E-state index contributed by atoms with van der Waals surface area (Å²) >= 11 is 0. The SMILES string of the molecule is CC(C)Oc1ccccc1N1CCC(N)(C(=O)O)CC1. The Bertz CT molecular complexity index is 480. The lowest BCUT2D eigenvalue weighted by Gasteiger charge is -2.38. The van der Waals surface area contributed by atoms with Crippen molar-refractivity contribution in [2.75, 3.05) is 18.0 Å². The molecule has 0 unspecified atom stereocenters. The molecule has 1 aliphatic heterocycles. The van der Waals surface area contributed by atoms with Crippen molar-refractivity contribution in [3.63, 3.8) is 0 Å². The summed E-state index contributed by atoms with van der Waals surface area (Å²) in [6.45, 7) is 5.23. The maximum atomic E-state index is 11.2. The van der Waals surface area contributed by atoms with Crippen LogP contribution in [0, 0.1) is 0 Å². The van der Waals surface area contributed by atoms with E-state index >= 15 is 0 Å². The van der Waals surface area contributed by atoms with Gasteiger partial charge in [-0.3, -0.25) is 4.79 Å². The van der Waals surface area contributed by atoms with E-state index in [9.17, 15) is 4.79 Å². The van der Waals surface area contributed by atoms with Crippen LogP contribution in [0.5, 0.6) is 5.75 Å². The summed E-state index contributed by atoms with van der Waals surface area (Å²) in [6.07, 6.45) is 0.991. The zero-order valence-corrected chi connectivity index (χ0v) is 12.0. The van der Waals surface area contributed by atoms with Crippen LogP contribution in [0.15, 0.2) is 24.3 Å². The molecule has 20 heavy (non-hydrogen) atoms. The highest BCUT2D eigenvalue weighted by Gasteiger charge is 2.38. The van der Waals surface area contributed by atoms with Gasteiger partial charge < -0.3 is 20.5 Å². The fraction of sp³-hybridized carbons (Fsp3) is 0.533. The van der Waals surface area contributed by atoms with Crippen molar-refractivity contribution in [2.45, 2.75) is 38.3 Å². The van der Waals surface area contributed by atoms with Gasteiger partial charge in [-0.1, -0.05) is 12.1 Å². The molecule has 5 heteroatoms. The third-order valence-corrected chi connectivity index (χ3v) is 3.65. The molecule has 1 aliphatic rings. The third kappa shape index (κ3) is 3.04. The highest BCUT2D eigenvalue weighted by atomic mass is 16.5. The first-order chi connectivity index (χ1) is 9.42. The number of nitrogens with two attached hydrogens (primary N) is 1. The molecule has 0 atom stereocenters. The van der Waals surface area contributed by atoms with Crippen molar-refractivity contribution in [3.8, 4) is 5.75 Å². The monoisotopic (exact) mass is 278 g/mol. The van der Waals surface area contributed by atoms with Crippen LogP contribution in [0.3, 0.4) is 0 Å². The molecule has 0 radical (unpaired) electrons. The van der Waals surface area contributed by atoms with Gasteiger partial charge in [0.1, 0.15) is 11.3 Å². The van der Waals surface area contributed by atoms with Crippen LogP contribution < -0.4 is 15.4 Å². The average Bonchev–Trinajstić information content (AvgIpc) is 2.40. The van der Waals surface area contributed by atoms with Gasteiger partial charge in [-0.05, 0) is 38.8 Å². The summed E-state index contributed by atoms with van der Waals surface area (Å²) in [7, 11) is 0. The van der Waals surface area contributed by atoms with Crippen molar-refractivity contribution in [1.82, 2.24) is 0 Å². The normalized spacial score (nSPS) is 18.1. The molecule has 110 valence electrons. The minimum atomic E-state index is -1.09. The number of carboxylic acid groups (broad SMARTS) is 1. The summed E-state index contributed by atoms with van der Waals surface area (Å²) in [4.78, 5) is 13.3. The number of benzene rings is 1. The van der Waals surface area contributed by atoms with E-state index in [4.69, 9.17) is 15.6 Å². The van der Waals surface area contributed by atoms with Gasteiger partial charge in [-0.25, -0.2) is 0 Å². The van der Waals surface area contributed by atoms with Crippen molar-refractivity contribution in [1.29, 1.82) is 0 Å². The Morgan fingerprint density at radius 2 is 1.95 bits per heavy atom. The van der Waals surface area contributed by atoms with Crippen LogP contribution in [0.4, 0.5) is 5.69 Å². The maximum Gasteiger partial charge on any atom is 0.323 e. The average molecular weight is 278 g/mol. The fourth-order valence-electron chi connectivity index (χ4n) is 2.43. The quantitative estimate of drug-likeness (QED) is 0.879. The third-order valence-electron chi connectivity index (χ3n) is 3.65. The number of nitrogens with zero attached hydrogens (tertiary/aromatic N) is 1. The van der Waals surface area contributed by atoms with E-state index in [-0.39, 0.29) is 6.10 Å². The Hall–Kier alpha value is -1.75. The lowest BCUT2D eigenvalue weighted by Crippen LogP contribution is -2.55. The molecule has 0 aliphatic carbocycles. The van der Waals surface area contributed by atoms with Crippen LogP contribution in [-0.2, 0) is 4.79 Å². The Morgan fingerprint density at radius 3 is 2.50 bits per heavy atom. The molecule has 3 N–H and O–H groups in total. The molecular formula is C15H22N2O3. The molecule has 0 bridgehead atoms. The number of para-hydroxylation sites is 2. The van der Waals surface area contributed by atoms with E-state index in [0.29, 0.717) is 25.9 Å². The minimum Gasteiger partial charge on any atom is -0.489 e. The van der Waals surface area contributed by atoms with E-state index in [1.54, 1.807) is 0 Å². The van der Waals surface area contributed by atoms with E-state index < -0.39 is 11.5 Å². The molecule has 2 rings (SSSR count). The number of ether oxygens (including phenoxy) is 1. The second kappa shape index (κ2) is 5.71. The predicted molar refractivity (Wildman–Crippen MR) is 78.2 cm³/mol. The van der Waals surface area contributed by atoms with Gasteiger partial charge in [0.25, 0.3) is 0 Å². The number of carbonyl (C=O) groups is 1. The summed E-state index contributed by atoms with van der Waals surface area (Å²) < 4.78 is 5.81. The van der Waals surface area contributed by atoms with Gasteiger partial charge in [0.05, 0.1) is 11.8 Å². The second-order valence-corrected chi connectivity index (χ2v) is 5.58. The minimum absolute atomic E-state index is 0.105. The molecule has 0 spiro atoms. The molecule has 1 aromatic carbocycles. The predicted octanol–water partition coefficient (Wildman–Crippen LogP) is 1.86. The Labute approximate surface area is 119 Å². The number of anilines is 1. The van der Waals surface area contributed by atoms with Crippen molar-refractivity contribution in [3.05, 3.63) is 24.3 Å². The number of rotatable bonds is 4. The zero-order chi connectivity index (χ0) is 14.8. The van der Waals surface area contributed by atoms with Crippen molar-refractivity contribution < 1.29 is 14.6 Å². The molecule has 0 aromatic heterocycles. The first kappa shape index (κ1) is 14.7. The topological polar surface area (TPSA) is 75.8 Å². The second-order valence-electron chi connectivity index (χ2n) is 5.58. The number of piperidine rings is 1. The molecular weight excluding hydrogens is 256 g/mol. The highest BCUT2D eigenvalue weighted by Crippen LogP contribution is 2.32. The Balaban J connectivity index is 2.13. The molecule has 1 fully saturated rings. The first-order valence-electron chi connectivity index (χ1n) is 6.95. The molecule has 1 aromatic rings. The summed E-state index contributed by atoms with van der Waals surface area (Å²) in [5.74, 6) is -0.0776. The van der Waals surface area contributed by atoms with E-state index in [0.717, 1.165) is 11.4 Å². The van der Waals surface area contributed by atoms with E-state index in [2.05, 4.69) is 4.90 Å². The molecule has 5 nitrogen and oxygen atoms in total. The summed E-state index contributed by atoms with van der Waals surface area (Å²) in [6, 6.07) is 7.85. The van der Waals surface area contributed by atoms with Gasteiger partial charge in [0.2, 0.25) is 0 Å². The smallest absolute Gasteiger partial charge is 0.323 e. The van der Waals surface area contributed by atoms with Crippen LogP contribution in [0.2, 0.25) is 0 Å². The van der Waals surface area contributed by atoms with Crippen molar-refractivity contribution in [2.24, 2.45) is 5.73 Å². The van der Waals surface area contributed by atoms with E-state index in [1.165, 1.54) is 0 Å². The van der Waals surface area contributed by atoms with Crippen LogP contribution in [-0.4, -0.2) is 35.8 Å². The largest absolute Gasteiger partial charge is 0.489 e.